The first kappa shape index (κ1) is 15.0. The minimum atomic E-state index is -0.594. The van der Waals surface area contributed by atoms with Crippen molar-refractivity contribution in [3.8, 4) is 0 Å². The van der Waals surface area contributed by atoms with Crippen LogP contribution in [0.4, 0.5) is 10.5 Å². The molecule has 0 unspecified atom stereocenters. The van der Waals surface area contributed by atoms with E-state index < -0.39 is 6.09 Å². The van der Waals surface area contributed by atoms with Gasteiger partial charge in [0.2, 0.25) is 0 Å². The summed E-state index contributed by atoms with van der Waals surface area (Å²) in [6.45, 7) is 7.93. The number of aryl methyl sites for hydroxylation is 1. The zero-order chi connectivity index (χ0) is 15.5. The summed E-state index contributed by atoms with van der Waals surface area (Å²) in [6, 6.07) is 7.45. The average molecular weight is 288 g/mol. The molecule has 0 bridgehead atoms. The van der Waals surface area contributed by atoms with E-state index in [1.54, 1.807) is 0 Å². The molecule has 6 heteroatoms. The molecule has 0 saturated heterocycles. The summed E-state index contributed by atoms with van der Waals surface area (Å²) in [5.74, 6) is 0.534. The van der Waals surface area contributed by atoms with Gasteiger partial charge in [0, 0.05) is 16.8 Å². The second-order valence-corrected chi connectivity index (χ2v) is 5.83. The van der Waals surface area contributed by atoms with Gasteiger partial charge in [-0.25, -0.2) is 10.3 Å². The number of nitrogens with zero attached hydrogens (tertiary/aromatic N) is 2. The number of nitrogens with one attached hydrogen (secondary N) is 2. The lowest BCUT2D eigenvalue weighted by Gasteiger charge is -2.28. The van der Waals surface area contributed by atoms with Crippen molar-refractivity contribution in [3.05, 3.63) is 29.8 Å². The molecule has 0 saturated carbocycles. The molecular weight excluding hydrogens is 268 g/mol. The van der Waals surface area contributed by atoms with Crippen LogP contribution in [0.2, 0.25) is 0 Å². The standard InChI is InChI=1S/C15H20N4O2/c1-10-5-7-12(8-6-10)16-14(20)21-19-13-15(3,4)9-11(2)17-18-13/h5-8H,9H2,1-4H3,(H,16,20)(H,18,19). The van der Waals surface area contributed by atoms with Crippen LogP contribution in [0, 0.1) is 12.3 Å². The molecule has 0 aromatic heterocycles. The molecule has 0 radical (unpaired) electrons. The Morgan fingerprint density at radius 3 is 2.48 bits per heavy atom. The smallest absolute Gasteiger partial charge is 0.323 e. The maximum absolute atomic E-state index is 11.7. The summed E-state index contributed by atoms with van der Waals surface area (Å²) < 4.78 is 0. The maximum Gasteiger partial charge on any atom is 0.435 e. The zero-order valence-corrected chi connectivity index (χ0v) is 12.7. The summed E-state index contributed by atoms with van der Waals surface area (Å²) in [5, 5.41) is 10.7. The summed E-state index contributed by atoms with van der Waals surface area (Å²) in [4.78, 5) is 16.7. The normalized spacial score (nSPS) is 16.6. The Morgan fingerprint density at radius 2 is 1.86 bits per heavy atom. The van der Waals surface area contributed by atoms with Crippen molar-refractivity contribution in [2.45, 2.75) is 34.1 Å². The molecule has 6 nitrogen and oxygen atoms in total. The van der Waals surface area contributed by atoms with Gasteiger partial charge in [-0.3, -0.25) is 5.32 Å². The van der Waals surface area contributed by atoms with Crippen LogP contribution < -0.4 is 10.8 Å². The fraction of sp³-hybridized carbons (Fsp3) is 0.400. The molecule has 0 atom stereocenters. The van der Waals surface area contributed by atoms with E-state index in [1.165, 1.54) is 0 Å². The number of carbonyl (C=O) groups is 1. The molecule has 2 rings (SSSR count). The highest BCUT2D eigenvalue weighted by molar-refractivity contribution is 5.97. The monoisotopic (exact) mass is 288 g/mol. The van der Waals surface area contributed by atoms with Crippen LogP contribution in [0.5, 0.6) is 0 Å². The number of benzene rings is 1. The van der Waals surface area contributed by atoms with Crippen LogP contribution in [-0.4, -0.2) is 17.6 Å². The van der Waals surface area contributed by atoms with Gasteiger partial charge in [0.25, 0.3) is 0 Å². The van der Waals surface area contributed by atoms with Crippen LogP contribution >= 0.6 is 0 Å². The largest absolute Gasteiger partial charge is 0.435 e. The Labute approximate surface area is 124 Å². The highest BCUT2D eigenvalue weighted by Crippen LogP contribution is 2.25. The third-order valence-corrected chi connectivity index (χ3v) is 3.20. The number of amides is 1. The van der Waals surface area contributed by atoms with Gasteiger partial charge in [-0.15, -0.1) is 5.10 Å². The summed E-state index contributed by atoms with van der Waals surface area (Å²) >= 11 is 0. The molecule has 1 aromatic rings. The Bertz CT molecular complexity index is 588. The molecular formula is C15H20N4O2. The van der Waals surface area contributed by atoms with Crippen LogP contribution in [0.25, 0.3) is 0 Å². The van der Waals surface area contributed by atoms with E-state index in [4.69, 9.17) is 4.84 Å². The van der Waals surface area contributed by atoms with Gasteiger partial charge < -0.3 is 4.84 Å². The summed E-state index contributed by atoms with van der Waals surface area (Å²) in [5.41, 5.74) is 5.10. The van der Waals surface area contributed by atoms with Crippen molar-refractivity contribution in [1.29, 1.82) is 0 Å². The van der Waals surface area contributed by atoms with E-state index >= 15 is 0 Å². The Kier molecular flexibility index (Phi) is 4.26. The quantitative estimate of drug-likeness (QED) is 0.779. The lowest BCUT2D eigenvalue weighted by atomic mass is 9.85. The average Bonchev–Trinajstić information content (AvgIpc) is 2.39. The number of hydroxylamine groups is 1. The second-order valence-electron chi connectivity index (χ2n) is 5.83. The molecule has 2 N–H and O–H groups in total. The van der Waals surface area contributed by atoms with Crippen molar-refractivity contribution >= 4 is 23.3 Å². The fourth-order valence-corrected chi connectivity index (χ4v) is 2.06. The molecule has 1 amide bonds. The van der Waals surface area contributed by atoms with Crippen molar-refractivity contribution in [1.82, 2.24) is 5.48 Å². The molecule has 1 aliphatic heterocycles. The number of hydrogen-bond acceptors (Lipinski definition) is 5. The Hall–Kier alpha value is -2.37. The first-order chi connectivity index (χ1) is 9.87. The lowest BCUT2D eigenvalue weighted by Crippen LogP contribution is -2.41. The predicted octanol–water partition coefficient (Wildman–Crippen LogP) is 3.25. The first-order valence-electron chi connectivity index (χ1n) is 6.79. The van der Waals surface area contributed by atoms with E-state index in [-0.39, 0.29) is 5.41 Å². The van der Waals surface area contributed by atoms with Gasteiger partial charge in [-0.05, 0) is 32.4 Å². The SMILES string of the molecule is CC1=NN=C(NOC(=O)Nc2ccc(C)cc2)C(C)(C)C1. The highest BCUT2D eigenvalue weighted by atomic mass is 16.7. The second kappa shape index (κ2) is 5.95. The maximum atomic E-state index is 11.7. The first-order valence-corrected chi connectivity index (χ1v) is 6.79. The summed E-state index contributed by atoms with van der Waals surface area (Å²) in [6.07, 6.45) is 0.172. The molecule has 112 valence electrons. The Morgan fingerprint density at radius 1 is 1.19 bits per heavy atom. The van der Waals surface area contributed by atoms with Gasteiger partial charge in [0.1, 0.15) is 0 Å². The zero-order valence-electron chi connectivity index (χ0n) is 12.7. The molecule has 21 heavy (non-hydrogen) atoms. The van der Waals surface area contributed by atoms with Crippen molar-refractivity contribution in [3.63, 3.8) is 0 Å². The van der Waals surface area contributed by atoms with E-state index in [0.717, 1.165) is 17.7 Å². The van der Waals surface area contributed by atoms with E-state index in [0.29, 0.717) is 11.5 Å². The van der Waals surface area contributed by atoms with Gasteiger partial charge in [-0.1, -0.05) is 31.5 Å². The van der Waals surface area contributed by atoms with Gasteiger partial charge >= 0.3 is 6.09 Å². The third-order valence-electron chi connectivity index (χ3n) is 3.20. The number of anilines is 1. The molecule has 1 aromatic carbocycles. The molecule has 1 heterocycles. The molecule has 0 aliphatic carbocycles. The highest BCUT2D eigenvalue weighted by Gasteiger charge is 2.30. The van der Waals surface area contributed by atoms with Crippen LogP contribution in [0.3, 0.4) is 0 Å². The lowest BCUT2D eigenvalue weighted by molar-refractivity contribution is 0.130. The number of carbonyl (C=O) groups excluding carboxylic acids is 1. The van der Waals surface area contributed by atoms with Crippen LogP contribution in [0.1, 0.15) is 32.8 Å². The fourth-order valence-electron chi connectivity index (χ4n) is 2.06. The van der Waals surface area contributed by atoms with Gasteiger partial charge in [0.15, 0.2) is 5.84 Å². The van der Waals surface area contributed by atoms with Crippen LogP contribution in [-0.2, 0) is 4.84 Å². The van der Waals surface area contributed by atoms with Crippen molar-refractivity contribution in [2.24, 2.45) is 15.6 Å². The molecule has 0 fully saturated rings. The summed E-state index contributed by atoms with van der Waals surface area (Å²) in [7, 11) is 0. The van der Waals surface area contributed by atoms with Crippen molar-refractivity contribution < 1.29 is 9.63 Å². The van der Waals surface area contributed by atoms with Gasteiger partial charge in [0.05, 0.1) is 0 Å². The van der Waals surface area contributed by atoms with Crippen molar-refractivity contribution in [2.75, 3.05) is 5.32 Å². The predicted molar refractivity (Wildman–Crippen MR) is 83.4 cm³/mol. The topological polar surface area (TPSA) is 75.1 Å². The van der Waals surface area contributed by atoms with Gasteiger partial charge in [-0.2, -0.15) is 5.10 Å². The number of amidine groups is 1. The van der Waals surface area contributed by atoms with E-state index in [1.807, 2.05) is 52.0 Å². The van der Waals surface area contributed by atoms with E-state index in [2.05, 4.69) is 21.0 Å². The minimum absolute atomic E-state index is 0.240. The molecule has 1 aliphatic rings. The third kappa shape index (κ3) is 4.05. The number of hydrogen-bond donors (Lipinski definition) is 2. The number of rotatable bonds is 1. The minimum Gasteiger partial charge on any atom is -0.323 e. The van der Waals surface area contributed by atoms with Crippen LogP contribution in [0.15, 0.2) is 34.5 Å². The molecule has 0 spiro atoms. The van der Waals surface area contributed by atoms with E-state index in [9.17, 15) is 4.79 Å². The Balaban J connectivity index is 1.91.